The maximum atomic E-state index is 11.8. The van der Waals surface area contributed by atoms with Gasteiger partial charge in [0.05, 0.1) is 17.1 Å². The van der Waals surface area contributed by atoms with Gasteiger partial charge in [-0.25, -0.2) is 0 Å². The standard InChI is InChI=1S/C17H14N3O6S2/c1-10-7-11(18)5-6-15(10)20-19-12-8-14-13(17(9-12)28(24,25)26)3-2-4-16(14)27(21,22)23/h2-9,18H,1H3,(H,21,22,23)(H,24,25,26)/b20-19+. The number of hydrogen-bond acceptors (Lipinski definition) is 6. The molecule has 11 heteroatoms. The van der Waals surface area contributed by atoms with E-state index in [1.54, 1.807) is 19.1 Å². The van der Waals surface area contributed by atoms with Crippen molar-refractivity contribution in [2.45, 2.75) is 16.7 Å². The van der Waals surface area contributed by atoms with E-state index in [9.17, 15) is 25.9 Å². The van der Waals surface area contributed by atoms with Crippen molar-refractivity contribution in [2.24, 2.45) is 10.2 Å². The highest BCUT2D eigenvalue weighted by atomic mass is 32.2. The van der Waals surface area contributed by atoms with Crippen molar-refractivity contribution in [1.29, 1.82) is 0 Å². The molecule has 0 saturated heterocycles. The summed E-state index contributed by atoms with van der Waals surface area (Å²) >= 11 is 0. The highest BCUT2D eigenvalue weighted by molar-refractivity contribution is 7.86. The molecule has 0 aliphatic heterocycles. The molecule has 3 aromatic rings. The summed E-state index contributed by atoms with van der Waals surface area (Å²) < 4.78 is 65.8. The molecule has 0 aromatic heterocycles. The van der Waals surface area contributed by atoms with Crippen LogP contribution >= 0.6 is 0 Å². The summed E-state index contributed by atoms with van der Waals surface area (Å²) in [7, 11) is -9.37. The number of fused-ring (bicyclic) bond motifs is 1. The number of nitrogens with zero attached hydrogens (tertiary/aromatic N) is 2. The third-order valence-electron chi connectivity index (χ3n) is 3.93. The average Bonchev–Trinajstić information content (AvgIpc) is 2.58. The van der Waals surface area contributed by atoms with Crippen molar-refractivity contribution in [1.82, 2.24) is 5.73 Å². The van der Waals surface area contributed by atoms with Gasteiger partial charge in [-0.1, -0.05) is 12.1 Å². The molecule has 1 radical (unpaired) electrons. The van der Waals surface area contributed by atoms with Crippen LogP contribution in [0.15, 0.2) is 68.6 Å². The Labute approximate surface area is 161 Å². The van der Waals surface area contributed by atoms with Crippen LogP contribution in [0.1, 0.15) is 5.56 Å². The van der Waals surface area contributed by atoms with E-state index in [1.165, 1.54) is 24.3 Å². The molecule has 28 heavy (non-hydrogen) atoms. The average molecular weight is 420 g/mol. The molecular weight excluding hydrogens is 406 g/mol. The van der Waals surface area contributed by atoms with Gasteiger partial charge in [-0.3, -0.25) is 9.11 Å². The van der Waals surface area contributed by atoms with Crippen molar-refractivity contribution < 1.29 is 25.9 Å². The largest absolute Gasteiger partial charge is 0.301 e. The zero-order valence-electron chi connectivity index (χ0n) is 14.4. The molecule has 0 atom stereocenters. The Balaban J connectivity index is 2.28. The van der Waals surface area contributed by atoms with Gasteiger partial charge in [0.1, 0.15) is 9.79 Å². The number of aryl methyl sites for hydroxylation is 1. The molecule has 0 heterocycles. The SMILES string of the molecule is Cc1cc([NH])ccc1/N=N/c1cc(S(=O)(=O)O)c2cccc(S(=O)(=O)O)c2c1. The zero-order valence-corrected chi connectivity index (χ0v) is 16.0. The van der Waals surface area contributed by atoms with Crippen LogP contribution in [0.25, 0.3) is 10.8 Å². The minimum absolute atomic E-state index is 0.0504. The molecule has 0 bridgehead atoms. The van der Waals surface area contributed by atoms with Crippen LogP contribution in [-0.4, -0.2) is 25.9 Å². The fraction of sp³-hybridized carbons (Fsp3) is 0.0588. The molecule has 0 amide bonds. The van der Waals surface area contributed by atoms with Crippen LogP contribution in [0.3, 0.4) is 0 Å². The number of nitrogens with one attached hydrogen (secondary N) is 1. The van der Waals surface area contributed by atoms with E-state index in [1.807, 2.05) is 0 Å². The fourth-order valence-electron chi connectivity index (χ4n) is 2.68. The summed E-state index contributed by atoms with van der Waals surface area (Å²) in [5.74, 6) is 0. The highest BCUT2D eigenvalue weighted by Gasteiger charge is 2.21. The first-order chi connectivity index (χ1) is 13.0. The van der Waals surface area contributed by atoms with Crippen molar-refractivity contribution in [2.75, 3.05) is 0 Å². The van der Waals surface area contributed by atoms with Crippen molar-refractivity contribution in [3.8, 4) is 0 Å². The fourth-order valence-corrected chi connectivity index (χ4v) is 4.11. The monoisotopic (exact) mass is 420 g/mol. The molecule has 145 valence electrons. The van der Waals surface area contributed by atoms with E-state index in [0.717, 1.165) is 12.1 Å². The lowest BCUT2D eigenvalue weighted by Gasteiger charge is -2.08. The van der Waals surface area contributed by atoms with Crippen LogP contribution in [0, 0.1) is 6.92 Å². The normalized spacial score (nSPS) is 12.7. The maximum Gasteiger partial charge on any atom is 0.295 e. The molecular formula is C17H14N3O6S2. The smallest absolute Gasteiger partial charge is 0.295 e. The first-order valence-electron chi connectivity index (χ1n) is 7.72. The van der Waals surface area contributed by atoms with Crippen molar-refractivity contribution in [3.05, 3.63) is 54.1 Å². The van der Waals surface area contributed by atoms with Gasteiger partial charge in [-0.15, -0.1) is 0 Å². The van der Waals surface area contributed by atoms with Gasteiger partial charge >= 0.3 is 0 Å². The Kier molecular flexibility index (Phi) is 4.93. The van der Waals surface area contributed by atoms with Crippen molar-refractivity contribution in [3.63, 3.8) is 0 Å². The van der Waals surface area contributed by atoms with E-state index in [4.69, 9.17) is 5.73 Å². The predicted octanol–water partition coefficient (Wildman–Crippen LogP) is 3.97. The minimum atomic E-state index is -4.71. The van der Waals surface area contributed by atoms with Crippen LogP contribution in [0.4, 0.5) is 17.1 Å². The van der Waals surface area contributed by atoms with Crippen LogP contribution in [0.5, 0.6) is 0 Å². The topological polar surface area (TPSA) is 157 Å². The third kappa shape index (κ3) is 4.02. The quantitative estimate of drug-likeness (QED) is 0.480. The van der Waals surface area contributed by atoms with E-state index >= 15 is 0 Å². The molecule has 0 aliphatic carbocycles. The van der Waals surface area contributed by atoms with Crippen LogP contribution < -0.4 is 5.73 Å². The maximum absolute atomic E-state index is 11.8. The summed E-state index contributed by atoms with van der Waals surface area (Å²) in [5.41, 5.74) is 8.87. The molecule has 3 N–H and O–H groups in total. The predicted molar refractivity (Wildman–Crippen MR) is 102 cm³/mol. The molecule has 9 nitrogen and oxygen atoms in total. The Morgan fingerprint density at radius 3 is 2.11 bits per heavy atom. The summed E-state index contributed by atoms with van der Waals surface area (Å²) in [6, 6.07) is 10.5. The molecule has 0 spiro atoms. The molecule has 0 aliphatic rings. The lowest BCUT2D eigenvalue weighted by molar-refractivity contribution is 0.481. The Morgan fingerprint density at radius 1 is 0.821 bits per heavy atom. The summed E-state index contributed by atoms with van der Waals surface area (Å²) in [5, 5.41) is 7.69. The van der Waals surface area contributed by atoms with Crippen molar-refractivity contribution >= 4 is 48.1 Å². The number of rotatable bonds is 4. The molecule has 0 fully saturated rings. The number of azo groups is 1. The summed E-state index contributed by atoms with van der Waals surface area (Å²) in [4.78, 5) is -1.09. The van der Waals surface area contributed by atoms with Gasteiger partial charge in [0, 0.05) is 10.8 Å². The molecule has 0 saturated carbocycles. The second-order valence-corrected chi connectivity index (χ2v) is 8.73. The third-order valence-corrected chi connectivity index (χ3v) is 5.73. The molecule has 3 rings (SSSR count). The van der Waals surface area contributed by atoms with Gasteiger partial charge in [0.2, 0.25) is 0 Å². The van der Waals surface area contributed by atoms with E-state index in [-0.39, 0.29) is 22.1 Å². The second kappa shape index (κ2) is 6.95. The summed E-state index contributed by atoms with van der Waals surface area (Å²) in [6.07, 6.45) is 0. The Bertz CT molecular complexity index is 1330. The molecule has 3 aromatic carbocycles. The summed E-state index contributed by atoms with van der Waals surface area (Å²) in [6.45, 7) is 1.72. The number of hydrogen-bond donors (Lipinski definition) is 2. The Hall–Kier alpha value is -2.86. The Morgan fingerprint density at radius 2 is 1.50 bits per heavy atom. The van der Waals surface area contributed by atoms with E-state index < -0.39 is 30.0 Å². The number of benzene rings is 3. The van der Waals surface area contributed by atoms with Gasteiger partial charge in [0.15, 0.2) is 0 Å². The zero-order chi connectivity index (χ0) is 20.7. The van der Waals surface area contributed by atoms with Gasteiger partial charge in [-0.05, 0) is 48.9 Å². The lowest BCUT2D eigenvalue weighted by atomic mass is 10.1. The first-order valence-corrected chi connectivity index (χ1v) is 10.6. The van der Waals surface area contributed by atoms with E-state index in [0.29, 0.717) is 11.3 Å². The van der Waals surface area contributed by atoms with Crippen LogP contribution in [0.2, 0.25) is 0 Å². The van der Waals surface area contributed by atoms with Gasteiger partial charge in [0.25, 0.3) is 20.2 Å². The lowest BCUT2D eigenvalue weighted by Crippen LogP contribution is -2.03. The van der Waals surface area contributed by atoms with Crippen LogP contribution in [-0.2, 0) is 20.2 Å². The van der Waals surface area contributed by atoms with Gasteiger partial charge < -0.3 is 5.73 Å². The highest BCUT2D eigenvalue weighted by Crippen LogP contribution is 2.34. The second-order valence-electron chi connectivity index (χ2n) is 5.95. The van der Waals surface area contributed by atoms with Gasteiger partial charge in [-0.2, -0.15) is 27.1 Å². The molecule has 0 unspecified atom stereocenters. The minimum Gasteiger partial charge on any atom is -0.301 e. The van der Waals surface area contributed by atoms with E-state index in [2.05, 4.69) is 10.2 Å². The first kappa shape index (κ1) is 19.9.